The number of amides is 1. The van der Waals surface area contributed by atoms with Gasteiger partial charge >= 0.3 is 0 Å². The van der Waals surface area contributed by atoms with Crippen LogP contribution in [0.2, 0.25) is 0 Å². The summed E-state index contributed by atoms with van der Waals surface area (Å²) in [6, 6.07) is 7.92. The molecule has 1 aliphatic rings. The molecule has 2 N–H and O–H groups in total. The normalized spacial score (nSPS) is 23.2. The molecule has 0 aromatic heterocycles. The van der Waals surface area contributed by atoms with Crippen LogP contribution in [-0.4, -0.2) is 19.5 Å². The van der Waals surface area contributed by atoms with E-state index in [-0.39, 0.29) is 17.4 Å². The molecule has 0 bridgehead atoms. The maximum atomic E-state index is 11.9. The van der Waals surface area contributed by atoms with Crippen molar-refractivity contribution < 1.29 is 4.79 Å². The van der Waals surface area contributed by atoms with E-state index in [1.165, 1.54) is 5.56 Å². The summed E-state index contributed by atoms with van der Waals surface area (Å²) >= 11 is 0. The fourth-order valence-electron chi connectivity index (χ4n) is 2.30. The molecule has 1 atom stereocenters. The second-order valence-electron chi connectivity index (χ2n) is 4.91. The van der Waals surface area contributed by atoms with Gasteiger partial charge < -0.3 is 10.6 Å². The van der Waals surface area contributed by atoms with Gasteiger partial charge in [0, 0.05) is 12.0 Å². The predicted octanol–water partition coefficient (Wildman–Crippen LogP) is 1.35. The zero-order valence-corrected chi connectivity index (χ0v) is 10.0. The number of rotatable bonds is 1. The van der Waals surface area contributed by atoms with Gasteiger partial charge in [-0.1, -0.05) is 38.1 Å². The van der Waals surface area contributed by atoms with Gasteiger partial charge in [0.15, 0.2) is 0 Å². The van der Waals surface area contributed by atoms with Gasteiger partial charge in [0.2, 0.25) is 5.91 Å². The third kappa shape index (κ3) is 1.71. The van der Waals surface area contributed by atoms with Crippen LogP contribution in [0.15, 0.2) is 24.3 Å². The Labute approximate surface area is 96.2 Å². The SMILES string of the molecule is CNC1C(=O)NCC(C)(C)c2ccccc21. The molecular formula is C13H18N2O. The Balaban J connectivity index is 2.58. The van der Waals surface area contributed by atoms with Crippen LogP contribution in [-0.2, 0) is 10.2 Å². The van der Waals surface area contributed by atoms with Crippen LogP contribution >= 0.6 is 0 Å². The summed E-state index contributed by atoms with van der Waals surface area (Å²) in [6.45, 7) is 5.00. The minimum Gasteiger partial charge on any atom is -0.354 e. The molecule has 1 aliphatic heterocycles. The zero-order valence-electron chi connectivity index (χ0n) is 10.0. The van der Waals surface area contributed by atoms with E-state index in [2.05, 4.69) is 30.5 Å². The Bertz CT molecular complexity index is 412. The van der Waals surface area contributed by atoms with Crippen molar-refractivity contribution in [3.8, 4) is 0 Å². The lowest BCUT2D eigenvalue weighted by Crippen LogP contribution is -2.37. The van der Waals surface area contributed by atoms with Crippen molar-refractivity contribution in [3.05, 3.63) is 35.4 Å². The van der Waals surface area contributed by atoms with Crippen LogP contribution < -0.4 is 10.6 Å². The molecule has 16 heavy (non-hydrogen) atoms. The molecular weight excluding hydrogens is 200 g/mol. The maximum absolute atomic E-state index is 11.9. The largest absolute Gasteiger partial charge is 0.354 e. The molecule has 0 saturated carbocycles. The van der Waals surface area contributed by atoms with Crippen molar-refractivity contribution in [2.24, 2.45) is 0 Å². The Morgan fingerprint density at radius 2 is 2.06 bits per heavy atom. The molecule has 1 heterocycles. The highest BCUT2D eigenvalue weighted by atomic mass is 16.2. The lowest BCUT2D eigenvalue weighted by molar-refractivity contribution is -0.123. The standard InChI is InChI=1S/C13H18N2O/c1-13(2)8-15-12(16)11(14-3)9-6-4-5-7-10(9)13/h4-7,11,14H,8H2,1-3H3,(H,15,16). The molecule has 1 amide bonds. The molecule has 0 fully saturated rings. The Hall–Kier alpha value is -1.35. The number of nitrogens with one attached hydrogen (secondary N) is 2. The van der Waals surface area contributed by atoms with Crippen molar-refractivity contribution in [1.29, 1.82) is 0 Å². The lowest BCUT2D eigenvalue weighted by atomic mass is 9.81. The van der Waals surface area contributed by atoms with E-state index in [0.29, 0.717) is 6.54 Å². The molecule has 0 radical (unpaired) electrons. The van der Waals surface area contributed by atoms with Gasteiger partial charge in [0.1, 0.15) is 6.04 Å². The third-order valence-corrected chi connectivity index (χ3v) is 3.26. The average Bonchev–Trinajstić information content (AvgIpc) is 2.36. The van der Waals surface area contributed by atoms with E-state index in [1.807, 2.05) is 25.2 Å². The van der Waals surface area contributed by atoms with Crippen LogP contribution in [0, 0.1) is 0 Å². The van der Waals surface area contributed by atoms with E-state index in [4.69, 9.17) is 0 Å². The summed E-state index contributed by atoms with van der Waals surface area (Å²) < 4.78 is 0. The minimum atomic E-state index is -0.238. The van der Waals surface area contributed by atoms with Crippen LogP contribution in [0.5, 0.6) is 0 Å². The number of carbonyl (C=O) groups excluding carboxylic acids is 1. The second-order valence-corrected chi connectivity index (χ2v) is 4.91. The first kappa shape index (κ1) is 11.1. The molecule has 1 aromatic carbocycles. The quantitative estimate of drug-likeness (QED) is 0.747. The topological polar surface area (TPSA) is 41.1 Å². The lowest BCUT2D eigenvalue weighted by Gasteiger charge is -2.25. The first-order chi connectivity index (χ1) is 7.56. The van der Waals surface area contributed by atoms with Gasteiger partial charge in [0.05, 0.1) is 0 Å². The summed E-state index contributed by atoms with van der Waals surface area (Å²) in [5.41, 5.74) is 2.32. The summed E-state index contributed by atoms with van der Waals surface area (Å²) in [5.74, 6) is 0.0560. The Kier molecular flexibility index (Phi) is 2.72. The Morgan fingerprint density at radius 3 is 2.75 bits per heavy atom. The van der Waals surface area contributed by atoms with Crippen molar-refractivity contribution in [2.75, 3.05) is 13.6 Å². The van der Waals surface area contributed by atoms with Crippen LogP contribution in [0.1, 0.15) is 31.0 Å². The maximum Gasteiger partial charge on any atom is 0.241 e. The highest BCUT2D eigenvalue weighted by Gasteiger charge is 2.33. The van der Waals surface area contributed by atoms with Gasteiger partial charge in [-0.3, -0.25) is 4.79 Å². The van der Waals surface area contributed by atoms with Crippen LogP contribution in [0.3, 0.4) is 0 Å². The van der Waals surface area contributed by atoms with Crippen molar-refractivity contribution in [2.45, 2.75) is 25.3 Å². The van der Waals surface area contributed by atoms with Gasteiger partial charge in [-0.25, -0.2) is 0 Å². The Morgan fingerprint density at radius 1 is 1.38 bits per heavy atom. The van der Waals surface area contributed by atoms with E-state index < -0.39 is 0 Å². The molecule has 86 valence electrons. The van der Waals surface area contributed by atoms with E-state index >= 15 is 0 Å². The van der Waals surface area contributed by atoms with Gasteiger partial charge in [-0.05, 0) is 18.2 Å². The number of hydrogen-bond acceptors (Lipinski definition) is 2. The molecule has 1 unspecified atom stereocenters. The number of carbonyl (C=O) groups is 1. The first-order valence-corrected chi connectivity index (χ1v) is 5.60. The number of fused-ring (bicyclic) bond motifs is 1. The van der Waals surface area contributed by atoms with Gasteiger partial charge in [-0.15, -0.1) is 0 Å². The minimum absolute atomic E-state index is 0.0160. The van der Waals surface area contributed by atoms with E-state index in [1.54, 1.807) is 0 Å². The highest BCUT2D eigenvalue weighted by Crippen LogP contribution is 2.32. The molecule has 1 aromatic rings. The molecule has 2 rings (SSSR count). The van der Waals surface area contributed by atoms with Crippen LogP contribution in [0.25, 0.3) is 0 Å². The summed E-state index contributed by atoms with van der Waals surface area (Å²) in [5, 5.41) is 6.06. The van der Waals surface area contributed by atoms with Gasteiger partial charge in [-0.2, -0.15) is 0 Å². The monoisotopic (exact) mass is 218 g/mol. The smallest absolute Gasteiger partial charge is 0.241 e. The second kappa shape index (κ2) is 3.91. The van der Waals surface area contributed by atoms with E-state index in [9.17, 15) is 4.79 Å². The summed E-state index contributed by atoms with van der Waals surface area (Å²) in [4.78, 5) is 11.9. The molecule has 0 spiro atoms. The molecule has 0 saturated heterocycles. The third-order valence-electron chi connectivity index (χ3n) is 3.26. The van der Waals surface area contributed by atoms with Crippen molar-refractivity contribution >= 4 is 5.91 Å². The van der Waals surface area contributed by atoms with Crippen LogP contribution in [0.4, 0.5) is 0 Å². The van der Waals surface area contributed by atoms with Crippen molar-refractivity contribution in [1.82, 2.24) is 10.6 Å². The highest BCUT2D eigenvalue weighted by molar-refractivity contribution is 5.84. The fraction of sp³-hybridized carbons (Fsp3) is 0.462. The molecule has 0 aliphatic carbocycles. The first-order valence-electron chi connectivity index (χ1n) is 5.60. The number of benzene rings is 1. The summed E-state index contributed by atoms with van der Waals surface area (Å²) in [7, 11) is 1.82. The predicted molar refractivity (Wildman–Crippen MR) is 64.3 cm³/mol. The zero-order chi connectivity index (χ0) is 11.8. The van der Waals surface area contributed by atoms with Crippen molar-refractivity contribution in [3.63, 3.8) is 0 Å². The fourth-order valence-corrected chi connectivity index (χ4v) is 2.30. The summed E-state index contributed by atoms with van der Waals surface area (Å²) in [6.07, 6.45) is 0. The molecule has 3 nitrogen and oxygen atoms in total. The van der Waals surface area contributed by atoms with Gasteiger partial charge in [0.25, 0.3) is 0 Å². The van der Waals surface area contributed by atoms with E-state index in [0.717, 1.165) is 5.56 Å². The molecule has 3 heteroatoms. The number of likely N-dealkylation sites (N-methyl/N-ethyl adjacent to an activating group) is 1. The average molecular weight is 218 g/mol. The number of hydrogen-bond donors (Lipinski definition) is 2.